The first-order chi connectivity index (χ1) is 11.1. The number of thioether (sulfide) groups is 1. The first-order valence-corrected chi connectivity index (χ1v) is 8.20. The summed E-state index contributed by atoms with van der Waals surface area (Å²) in [6, 6.07) is 9.00. The minimum absolute atomic E-state index is 0.0378. The van der Waals surface area contributed by atoms with Crippen LogP contribution in [0.2, 0.25) is 0 Å². The molecule has 23 heavy (non-hydrogen) atoms. The lowest BCUT2D eigenvalue weighted by atomic mass is 10.2. The monoisotopic (exact) mass is 392 g/mol. The van der Waals surface area contributed by atoms with Crippen LogP contribution in [0, 0.1) is 10.1 Å². The van der Waals surface area contributed by atoms with E-state index in [1.807, 2.05) is 24.3 Å². The van der Waals surface area contributed by atoms with Crippen LogP contribution in [0.25, 0.3) is 11.5 Å². The smallest absolute Gasteiger partial charge is 0.287 e. The lowest BCUT2D eigenvalue weighted by Crippen LogP contribution is -1.91. The van der Waals surface area contributed by atoms with Crippen molar-refractivity contribution in [2.24, 2.45) is 0 Å². The van der Waals surface area contributed by atoms with Crippen LogP contribution in [-0.2, 0) is 5.75 Å². The number of rotatable bonds is 5. The van der Waals surface area contributed by atoms with Crippen molar-refractivity contribution in [2.45, 2.75) is 11.0 Å². The Labute approximate surface area is 143 Å². The van der Waals surface area contributed by atoms with Crippen LogP contribution < -0.4 is 0 Å². The average molecular weight is 393 g/mol. The average Bonchev–Trinajstić information content (AvgIpc) is 3.03. The highest BCUT2D eigenvalue weighted by molar-refractivity contribution is 9.10. The first kappa shape index (κ1) is 15.6. The summed E-state index contributed by atoms with van der Waals surface area (Å²) in [6.07, 6.45) is 2.79. The number of pyridine rings is 1. The fourth-order valence-electron chi connectivity index (χ4n) is 1.77. The van der Waals surface area contributed by atoms with Gasteiger partial charge in [-0.25, -0.2) is 0 Å². The van der Waals surface area contributed by atoms with Crippen molar-refractivity contribution >= 4 is 33.4 Å². The predicted octanol–water partition coefficient (Wildman–Crippen LogP) is 4.09. The zero-order chi connectivity index (χ0) is 16.2. The van der Waals surface area contributed by atoms with Gasteiger partial charge in [0.15, 0.2) is 0 Å². The summed E-state index contributed by atoms with van der Waals surface area (Å²) in [5, 5.41) is 19.1. The van der Waals surface area contributed by atoms with Crippen molar-refractivity contribution < 1.29 is 9.34 Å². The fraction of sp³-hybridized carbons (Fsp3) is 0.0714. The highest BCUT2D eigenvalue weighted by atomic mass is 79.9. The Bertz CT molecular complexity index is 838. The summed E-state index contributed by atoms with van der Waals surface area (Å²) in [6.45, 7) is 0. The number of hydrogen-bond acceptors (Lipinski definition) is 7. The molecule has 1 aromatic carbocycles. The number of halogens is 1. The van der Waals surface area contributed by atoms with E-state index in [4.69, 9.17) is 4.42 Å². The molecule has 3 aromatic rings. The fourth-order valence-corrected chi connectivity index (χ4v) is 2.72. The van der Waals surface area contributed by atoms with Gasteiger partial charge in [-0.2, -0.15) is 0 Å². The number of nitro groups is 1. The zero-order valence-electron chi connectivity index (χ0n) is 11.5. The van der Waals surface area contributed by atoms with Crippen LogP contribution in [0.1, 0.15) is 5.56 Å². The van der Waals surface area contributed by atoms with Crippen LogP contribution in [0.15, 0.2) is 56.8 Å². The SMILES string of the molecule is O=[N+]([O-])c1cncc(CSc2nnc(-c3ccc(Br)cc3)o2)c1. The molecule has 0 atom stereocenters. The van der Waals surface area contributed by atoms with Crippen molar-refractivity contribution in [1.29, 1.82) is 0 Å². The van der Waals surface area contributed by atoms with E-state index in [2.05, 4.69) is 31.1 Å². The van der Waals surface area contributed by atoms with Gasteiger partial charge < -0.3 is 4.42 Å². The largest absolute Gasteiger partial charge is 0.411 e. The van der Waals surface area contributed by atoms with Crippen LogP contribution in [0.5, 0.6) is 0 Å². The van der Waals surface area contributed by atoms with E-state index in [0.29, 0.717) is 22.4 Å². The number of benzene rings is 1. The van der Waals surface area contributed by atoms with Crippen LogP contribution in [0.4, 0.5) is 5.69 Å². The Kier molecular flexibility index (Phi) is 4.68. The molecular formula is C14H9BrN4O3S. The summed E-state index contributed by atoms with van der Waals surface area (Å²) in [5.74, 6) is 0.883. The number of hydrogen-bond donors (Lipinski definition) is 0. The quantitative estimate of drug-likeness (QED) is 0.366. The maximum Gasteiger partial charge on any atom is 0.287 e. The van der Waals surface area contributed by atoms with Crippen molar-refractivity contribution in [2.75, 3.05) is 0 Å². The highest BCUT2D eigenvalue weighted by Crippen LogP contribution is 2.27. The van der Waals surface area contributed by atoms with Gasteiger partial charge in [0, 0.05) is 28.1 Å². The van der Waals surface area contributed by atoms with E-state index in [1.165, 1.54) is 24.0 Å². The minimum Gasteiger partial charge on any atom is -0.411 e. The third-order valence-corrected chi connectivity index (χ3v) is 4.27. The normalized spacial score (nSPS) is 10.7. The topological polar surface area (TPSA) is 95.0 Å². The Balaban J connectivity index is 1.69. The molecule has 0 aliphatic heterocycles. The summed E-state index contributed by atoms with van der Waals surface area (Å²) in [7, 11) is 0. The molecule has 9 heteroatoms. The molecule has 0 saturated carbocycles. The molecule has 0 radical (unpaired) electrons. The Morgan fingerprint density at radius 3 is 2.74 bits per heavy atom. The summed E-state index contributed by atoms with van der Waals surface area (Å²) in [5.41, 5.74) is 1.50. The molecule has 0 aliphatic rings. The molecule has 2 aromatic heterocycles. The van der Waals surface area contributed by atoms with Crippen molar-refractivity contribution in [3.8, 4) is 11.5 Å². The van der Waals surface area contributed by atoms with E-state index < -0.39 is 4.92 Å². The van der Waals surface area contributed by atoms with Crippen LogP contribution in [-0.4, -0.2) is 20.1 Å². The Morgan fingerprint density at radius 1 is 1.22 bits per heavy atom. The zero-order valence-corrected chi connectivity index (χ0v) is 14.0. The maximum atomic E-state index is 10.7. The van der Waals surface area contributed by atoms with Crippen molar-refractivity contribution in [3.63, 3.8) is 0 Å². The van der Waals surface area contributed by atoms with Gasteiger partial charge in [0.25, 0.3) is 10.9 Å². The molecule has 0 amide bonds. The minimum atomic E-state index is -0.473. The summed E-state index contributed by atoms with van der Waals surface area (Å²) >= 11 is 4.67. The molecule has 0 N–H and O–H groups in total. The van der Waals surface area contributed by atoms with Gasteiger partial charge in [0.2, 0.25) is 5.89 Å². The van der Waals surface area contributed by atoms with E-state index in [-0.39, 0.29) is 5.69 Å². The third kappa shape index (κ3) is 3.93. The van der Waals surface area contributed by atoms with E-state index >= 15 is 0 Å². The van der Waals surface area contributed by atoms with Crippen LogP contribution >= 0.6 is 27.7 Å². The molecule has 0 saturated heterocycles. The van der Waals surface area contributed by atoms with Crippen molar-refractivity contribution in [3.05, 3.63) is 62.9 Å². The van der Waals surface area contributed by atoms with Gasteiger partial charge in [0.05, 0.1) is 4.92 Å². The molecule has 2 heterocycles. The number of nitrogens with zero attached hydrogens (tertiary/aromatic N) is 4. The van der Waals surface area contributed by atoms with E-state index in [0.717, 1.165) is 10.0 Å². The highest BCUT2D eigenvalue weighted by Gasteiger charge is 2.11. The molecule has 0 unspecified atom stereocenters. The standard InChI is InChI=1S/C14H9BrN4O3S/c15-11-3-1-10(2-4-11)13-17-18-14(22-13)23-8-9-5-12(19(20)21)7-16-6-9/h1-7H,8H2. The van der Waals surface area contributed by atoms with E-state index in [9.17, 15) is 10.1 Å². The van der Waals surface area contributed by atoms with Gasteiger partial charge in [-0.05, 0) is 29.8 Å². The lowest BCUT2D eigenvalue weighted by Gasteiger charge is -1.98. The molecule has 0 spiro atoms. The second-order valence-electron chi connectivity index (χ2n) is 4.48. The second-order valence-corrected chi connectivity index (χ2v) is 6.32. The molecule has 0 aliphatic carbocycles. The third-order valence-electron chi connectivity index (χ3n) is 2.85. The second kappa shape index (κ2) is 6.88. The van der Waals surface area contributed by atoms with Gasteiger partial charge in [-0.3, -0.25) is 15.1 Å². The lowest BCUT2D eigenvalue weighted by molar-refractivity contribution is -0.385. The molecule has 7 nitrogen and oxygen atoms in total. The molecular weight excluding hydrogens is 384 g/mol. The van der Waals surface area contributed by atoms with Crippen LogP contribution in [0.3, 0.4) is 0 Å². The maximum absolute atomic E-state index is 10.7. The molecule has 0 fully saturated rings. The first-order valence-electron chi connectivity index (χ1n) is 6.42. The van der Waals surface area contributed by atoms with Gasteiger partial charge in [-0.15, -0.1) is 10.2 Å². The number of aromatic nitrogens is 3. The Morgan fingerprint density at radius 2 is 2.00 bits per heavy atom. The Hall–Kier alpha value is -2.26. The van der Waals surface area contributed by atoms with Crippen molar-refractivity contribution in [1.82, 2.24) is 15.2 Å². The van der Waals surface area contributed by atoms with Gasteiger partial charge in [0.1, 0.15) is 6.20 Å². The molecule has 3 rings (SSSR count). The van der Waals surface area contributed by atoms with E-state index in [1.54, 1.807) is 6.20 Å². The van der Waals surface area contributed by atoms with Gasteiger partial charge >= 0.3 is 0 Å². The molecule has 0 bridgehead atoms. The molecule has 116 valence electrons. The predicted molar refractivity (Wildman–Crippen MR) is 87.9 cm³/mol. The summed E-state index contributed by atoms with van der Waals surface area (Å²) < 4.78 is 6.55. The van der Waals surface area contributed by atoms with Gasteiger partial charge in [-0.1, -0.05) is 27.7 Å². The summed E-state index contributed by atoms with van der Waals surface area (Å²) in [4.78, 5) is 14.1.